The van der Waals surface area contributed by atoms with E-state index in [0.717, 1.165) is 11.4 Å². The van der Waals surface area contributed by atoms with Gasteiger partial charge >= 0.3 is 0 Å². The highest BCUT2D eigenvalue weighted by atomic mass is 79.9. The van der Waals surface area contributed by atoms with Crippen LogP contribution in [0, 0.1) is 11.8 Å². The normalized spacial score (nSPS) is 8.50. The van der Waals surface area contributed by atoms with Crippen molar-refractivity contribution < 1.29 is 4.74 Å². The standard InChI is InChI=1S/C9H8BrNO/c1-12-9-4-6-11-8(7-9)3-2-5-10/h4,6-7H,5H2,1H3. The van der Waals surface area contributed by atoms with Crippen LogP contribution in [0.2, 0.25) is 0 Å². The summed E-state index contributed by atoms with van der Waals surface area (Å²) in [6.45, 7) is 0. The number of alkyl halides is 1. The Morgan fingerprint density at radius 2 is 2.50 bits per heavy atom. The Kier molecular flexibility index (Phi) is 3.62. The van der Waals surface area contributed by atoms with Crippen LogP contribution in [0.5, 0.6) is 5.75 Å². The topological polar surface area (TPSA) is 22.1 Å². The zero-order valence-corrected chi connectivity index (χ0v) is 8.26. The summed E-state index contributed by atoms with van der Waals surface area (Å²) in [4.78, 5) is 4.05. The van der Waals surface area contributed by atoms with Crippen molar-refractivity contribution in [1.29, 1.82) is 0 Å². The smallest absolute Gasteiger partial charge is 0.123 e. The highest BCUT2D eigenvalue weighted by molar-refractivity contribution is 9.09. The molecule has 0 N–H and O–H groups in total. The number of aromatic nitrogens is 1. The first kappa shape index (κ1) is 9.08. The molecule has 0 aliphatic heterocycles. The average Bonchev–Trinajstić information content (AvgIpc) is 2.15. The average molecular weight is 226 g/mol. The van der Waals surface area contributed by atoms with Crippen molar-refractivity contribution in [3.8, 4) is 17.6 Å². The molecule has 0 aromatic carbocycles. The second-order valence-electron chi connectivity index (χ2n) is 2.02. The summed E-state index contributed by atoms with van der Waals surface area (Å²) >= 11 is 3.21. The van der Waals surface area contributed by atoms with Crippen LogP contribution in [0.25, 0.3) is 0 Å². The second kappa shape index (κ2) is 4.78. The molecule has 0 fully saturated rings. The fourth-order valence-electron chi connectivity index (χ4n) is 0.730. The summed E-state index contributed by atoms with van der Waals surface area (Å²) in [6.07, 6.45) is 1.68. The van der Waals surface area contributed by atoms with Crippen molar-refractivity contribution in [2.75, 3.05) is 12.4 Å². The molecule has 2 nitrogen and oxygen atoms in total. The lowest BCUT2D eigenvalue weighted by Gasteiger charge is -1.97. The molecule has 0 unspecified atom stereocenters. The molecule has 0 spiro atoms. The molecule has 0 aliphatic carbocycles. The van der Waals surface area contributed by atoms with E-state index in [1.54, 1.807) is 25.4 Å². The molecule has 0 saturated carbocycles. The molecule has 1 rings (SSSR count). The first-order chi connectivity index (χ1) is 5.86. The zero-order chi connectivity index (χ0) is 8.81. The summed E-state index contributed by atoms with van der Waals surface area (Å²) < 4.78 is 5.02. The van der Waals surface area contributed by atoms with Gasteiger partial charge in [-0.2, -0.15) is 0 Å². The van der Waals surface area contributed by atoms with Gasteiger partial charge in [-0.3, -0.25) is 0 Å². The molecule has 0 amide bonds. The maximum atomic E-state index is 5.02. The molecule has 3 heteroatoms. The molecule has 0 saturated heterocycles. The molecule has 0 aliphatic rings. The van der Waals surface area contributed by atoms with E-state index in [-0.39, 0.29) is 0 Å². The maximum absolute atomic E-state index is 5.02. The maximum Gasteiger partial charge on any atom is 0.123 e. The van der Waals surface area contributed by atoms with Gasteiger partial charge in [0.2, 0.25) is 0 Å². The number of ether oxygens (including phenoxy) is 1. The zero-order valence-electron chi connectivity index (χ0n) is 6.67. The summed E-state index contributed by atoms with van der Waals surface area (Å²) in [6, 6.07) is 3.59. The van der Waals surface area contributed by atoms with E-state index < -0.39 is 0 Å². The molecule has 1 heterocycles. The van der Waals surface area contributed by atoms with Gasteiger partial charge in [0.1, 0.15) is 11.4 Å². The number of nitrogens with zero attached hydrogens (tertiary/aromatic N) is 1. The molecule has 0 atom stereocenters. The number of hydrogen-bond acceptors (Lipinski definition) is 2. The lowest BCUT2D eigenvalue weighted by Crippen LogP contribution is -1.86. The Bertz CT molecular complexity index is 314. The van der Waals surface area contributed by atoms with E-state index in [4.69, 9.17) is 4.74 Å². The van der Waals surface area contributed by atoms with Gasteiger partial charge in [0.25, 0.3) is 0 Å². The van der Waals surface area contributed by atoms with Crippen molar-refractivity contribution >= 4 is 15.9 Å². The summed E-state index contributed by atoms with van der Waals surface area (Å²) in [5.74, 6) is 6.53. The third-order valence-corrected chi connectivity index (χ3v) is 1.53. The number of rotatable bonds is 1. The molecule has 0 bridgehead atoms. The van der Waals surface area contributed by atoms with E-state index >= 15 is 0 Å². The summed E-state index contributed by atoms with van der Waals surface area (Å²) in [5.41, 5.74) is 0.730. The SMILES string of the molecule is COc1ccnc(C#CCBr)c1. The quantitative estimate of drug-likeness (QED) is 0.538. The van der Waals surface area contributed by atoms with Crippen LogP contribution in [0.15, 0.2) is 18.3 Å². The Labute approximate surface area is 80.1 Å². The van der Waals surface area contributed by atoms with Crippen molar-refractivity contribution in [1.82, 2.24) is 4.98 Å². The predicted octanol–water partition coefficient (Wildman–Crippen LogP) is 1.84. The molecule has 12 heavy (non-hydrogen) atoms. The fraction of sp³-hybridized carbons (Fsp3) is 0.222. The van der Waals surface area contributed by atoms with Gasteiger partial charge in [-0.15, -0.1) is 0 Å². The molecule has 62 valence electrons. The van der Waals surface area contributed by atoms with Crippen LogP contribution in [0.3, 0.4) is 0 Å². The van der Waals surface area contributed by atoms with E-state index in [0.29, 0.717) is 5.33 Å². The summed E-state index contributed by atoms with van der Waals surface area (Å²) in [5, 5.41) is 0.659. The highest BCUT2D eigenvalue weighted by Gasteiger charge is 1.91. The van der Waals surface area contributed by atoms with Crippen molar-refractivity contribution in [2.45, 2.75) is 0 Å². The monoisotopic (exact) mass is 225 g/mol. The Balaban J connectivity index is 2.86. The Hall–Kier alpha value is -1.01. The number of methoxy groups -OCH3 is 1. The molecule has 1 aromatic rings. The highest BCUT2D eigenvalue weighted by Crippen LogP contribution is 2.08. The lowest BCUT2D eigenvalue weighted by atomic mass is 10.3. The lowest BCUT2D eigenvalue weighted by molar-refractivity contribution is 0.414. The van der Waals surface area contributed by atoms with E-state index in [1.807, 2.05) is 0 Å². The first-order valence-corrected chi connectivity index (χ1v) is 4.54. The van der Waals surface area contributed by atoms with Crippen LogP contribution in [0.1, 0.15) is 5.69 Å². The molecular formula is C9H8BrNO. The van der Waals surface area contributed by atoms with Gasteiger partial charge in [-0.25, -0.2) is 4.98 Å². The van der Waals surface area contributed by atoms with E-state index in [1.165, 1.54) is 0 Å². The van der Waals surface area contributed by atoms with Crippen LogP contribution < -0.4 is 4.74 Å². The van der Waals surface area contributed by atoms with Gasteiger partial charge in [-0.1, -0.05) is 21.9 Å². The fourth-order valence-corrected chi connectivity index (χ4v) is 0.871. The third-order valence-electron chi connectivity index (χ3n) is 1.25. The van der Waals surface area contributed by atoms with Crippen LogP contribution in [-0.2, 0) is 0 Å². The van der Waals surface area contributed by atoms with Crippen LogP contribution in [-0.4, -0.2) is 17.4 Å². The van der Waals surface area contributed by atoms with Crippen molar-refractivity contribution in [3.63, 3.8) is 0 Å². The second-order valence-corrected chi connectivity index (χ2v) is 2.58. The van der Waals surface area contributed by atoms with Gasteiger partial charge in [-0.05, 0) is 12.0 Å². The van der Waals surface area contributed by atoms with Crippen LogP contribution in [0.4, 0.5) is 0 Å². The van der Waals surface area contributed by atoms with E-state index in [2.05, 4.69) is 32.8 Å². The van der Waals surface area contributed by atoms with Crippen LogP contribution >= 0.6 is 15.9 Å². The minimum atomic E-state index is 0.659. The number of hydrogen-bond donors (Lipinski definition) is 0. The Morgan fingerprint density at radius 3 is 3.17 bits per heavy atom. The minimum Gasteiger partial charge on any atom is -0.497 e. The minimum absolute atomic E-state index is 0.659. The van der Waals surface area contributed by atoms with Crippen molar-refractivity contribution in [2.24, 2.45) is 0 Å². The Morgan fingerprint density at radius 1 is 1.67 bits per heavy atom. The van der Waals surface area contributed by atoms with Gasteiger partial charge in [0.05, 0.1) is 12.4 Å². The first-order valence-electron chi connectivity index (χ1n) is 3.41. The number of pyridine rings is 1. The van der Waals surface area contributed by atoms with Crippen molar-refractivity contribution in [3.05, 3.63) is 24.0 Å². The third kappa shape index (κ3) is 2.55. The molecular weight excluding hydrogens is 218 g/mol. The van der Waals surface area contributed by atoms with Gasteiger partial charge < -0.3 is 4.74 Å². The summed E-state index contributed by atoms with van der Waals surface area (Å²) in [7, 11) is 1.62. The van der Waals surface area contributed by atoms with Gasteiger partial charge in [0, 0.05) is 12.3 Å². The number of halogens is 1. The van der Waals surface area contributed by atoms with Gasteiger partial charge in [0.15, 0.2) is 0 Å². The largest absolute Gasteiger partial charge is 0.497 e. The van der Waals surface area contributed by atoms with E-state index in [9.17, 15) is 0 Å². The molecule has 1 aromatic heterocycles. The predicted molar refractivity (Wildman–Crippen MR) is 51.5 cm³/mol. The molecule has 0 radical (unpaired) electrons.